The molecule has 5 heteroatoms. The third-order valence-corrected chi connectivity index (χ3v) is 2.83. The van der Waals surface area contributed by atoms with Gasteiger partial charge in [-0.25, -0.2) is 4.98 Å². The third-order valence-electron chi connectivity index (χ3n) is 1.70. The van der Waals surface area contributed by atoms with E-state index in [0.717, 1.165) is 12.3 Å². The predicted octanol–water partition coefficient (Wildman–Crippen LogP) is 4.94. The number of halogens is 3. The van der Waals surface area contributed by atoms with Crippen molar-refractivity contribution in [1.82, 2.24) is 4.98 Å². The maximum Gasteiger partial charge on any atom is 0.417 e. The second-order valence-corrected chi connectivity index (χ2v) is 5.08. The number of aromatic nitrogens is 1. The lowest BCUT2D eigenvalue weighted by Gasteiger charge is -2.10. The maximum absolute atomic E-state index is 12.3. The molecule has 1 aromatic rings. The lowest BCUT2D eigenvalue weighted by Crippen LogP contribution is -2.06. The summed E-state index contributed by atoms with van der Waals surface area (Å²) in [5, 5.41) is 0.978. The van der Waals surface area contributed by atoms with Gasteiger partial charge in [0, 0.05) is 11.4 Å². The molecule has 0 N–H and O–H groups in total. The van der Waals surface area contributed by atoms with E-state index < -0.39 is 11.7 Å². The molecule has 0 spiro atoms. The highest BCUT2D eigenvalue weighted by molar-refractivity contribution is 7.99. The van der Waals surface area contributed by atoms with Crippen LogP contribution < -0.4 is 0 Å². The van der Waals surface area contributed by atoms with E-state index in [2.05, 4.69) is 4.98 Å². The van der Waals surface area contributed by atoms with E-state index >= 15 is 0 Å². The van der Waals surface area contributed by atoms with Crippen molar-refractivity contribution in [3.63, 3.8) is 0 Å². The molecule has 1 nitrogen and oxygen atoms in total. The molecule has 0 saturated heterocycles. The van der Waals surface area contributed by atoms with Crippen molar-refractivity contribution in [2.75, 3.05) is 0 Å². The molecular weight excluding hydrogens is 247 g/mol. The molecule has 0 aliphatic rings. The summed E-state index contributed by atoms with van der Waals surface area (Å²) in [5.74, 6) is 0. The molecule has 17 heavy (non-hydrogen) atoms. The molecule has 0 aliphatic carbocycles. The van der Waals surface area contributed by atoms with Crippen LogP contribution in [0.1, 0.15) is 38.8 Å². The minimum atomic E-state index is -4.31. The van der Waals surface area contributed by atoms with Gasteiger partial charge in [0.2, 0.25) is 0 Å². The molecule has 0 aliphatic heterocycles. The fourth-order valence-corrected chi connectivity index (χ4v) is 1.87. The number of rotatable bonds is 2. The zero-order valence-corrected chi connectivity index (χ0v) is 11.5. The molecule has 0 saturated carbocycles. The Morgan fingerprint density at radius 3 is 2.12 bits per heavy atom. The first kappa shape index (κ1) is 16.3. The Labute approximate surface area is 105 Å². The monoisotopic (exact) mass is 265 g/mol. The van der Waals surface area contributed by atoms with Crippen LogP contribution in [0.3, 0.4) is 0 Å². The van der Waals surface area contributed by atoms with E-state index in [0.29, 0.717) is 15.8 Å². The molecule has 0 unspecified atom stereocenters. The van der Waals surface area contributed by atoms with Crippen LogP contribution in [-0.4, -0.2) is 10.2 Å². The summed E-state index contributed by atoms with van der Waals surface area (Å²) >= 11 is 1.47. The Bertz CT molecular complexity index is 348. The predicted molar refractivity (Wildman–Crippen MR) is 66.3 cm³/mol. The fourth-order valence-electron chi connectivity index (χ4n) is 1.06. The number of aryl methyl sites for hydroxylation is 1. The number of hydrogen-bond acceptors (Lipinski definition) is 2. The largest absolute Gasteiger partial charge is 0.417 e. The Morgan fingerprint density at radius 2 is 1.76 bits per heavy atom. The van der Waals surface area contributed by atoms with E-state index in [9.17, 15) is 13.2 Å². The molecule has 0 amide bonds. The average Bonchev–Trinajstić information content (AvgIpc) is 2.22. The van der Waals surface area contributed by atoms with Crippen LogP contribution in [0.4, 0.5) is 13.2 Å². The SMILES string of the molecule is CC.Cc1cc(C(F)(F)F)cnc1SC(C)C. The van der Waals surface area contributed by atoms with Crippen molar-refractivity contribution >= 4 is 11.8 Å². The molecule has 0 bridgehead atoms. The Balaban J connectivity index is 0.00000121. The Hall–Kier alpha value is -0.710. The lowest BCUT2D eigenvalue weighted by molar-refractivity contribution is -0.137. The van der Waals surface area contributed by atoms with Crippen LogP contribution in [0.15, 0.2) is 17.3 Å². The Kier molecular flexibility index (Phi) is 6.60. The normalized spacial score (nSPS) is 11.1. The van der Waals surface area contributed by atoms with E-state index in [1.165, 1.54) is 11.8 Å². The lowest BCUT2D eigenvalue weighted by atomic mass is 10.2. The standard InChI is InChI=1S/C10H12F3NS.C2H6/c1-6(2)15-9-7(3)4-8(5-14-9)10(11,12)13;1-2/h4-6H,1-3H3;1-2H3. The summed E-state index contributed by atoms with van der Waals surface area (Å²) in [4.78, 5) is 3.83. The number of alkyl halides is 3. The molecule has 0 atom stereocenters. The van der Waals surface area contributed by atoms with E-state index in [1.54, 1.807) is 6.92 Å². The fraction of sp³-hybridized carbons (Fsp3) is 0.583. The van der Waals surface area contributed by atoms with Gasteiger partial charge in [-0.05, 0) is 18.6 Å². The van der Waals surface area contributed by atoms with Crippen molar-refractivity contribution in [2.24, 2.45) is 0 Å². The molecule has 0 radical (unpaired) electrons. The first-order valence-corrected chi connectivity index (χ1v) is 6.39. The molecule has 1 heterocycles. The van der Waals surface area contributed by atoms with E-state index in [1.807, 2.05) is 27.7 Å². The van der Waals surface area contributed by atoms with Crippen molar-refractivity contribution in [2.45, 2.75) is 51.1 Å². The summed E-state index contributed by atoms with van der Waals surface area (Å²) in [6.07, 6.45) is -3.42. The highest BCUT2D eigenvalue weighted by Crippen LogP contribution is 2.32. The number of thioether (sulfide) groups is 1. The highest BCUT2D eigenvalue weighted by Gasteiger charge is 2.31. The third kappa shape index (κ3) is 5.44. The smallest absolute Gasteiger partial charge is 0.249 e. The van der Waals surface area contributed by atoms with Gasteiger partial charge in [-0.15, -0.1) is 11.8 Å². The van der Waals surface area contributed by atoms with Gasteiger partial charge in [0.05, 0.1) is 10.6 Å². The van der Waals surface area contributed by atoms with Crippen molar-refractivity contribution in [1.29, 1.82) is 0 Å². The number of nitrogens with zero attached hydrogens (tertiary/aromatic N) is 1. The number of pyridine rings is 1. The number of hydrogen-bond donors (Lipinski definition) is 0. The minimum absolute atomic E-state index is 0.313. The van der Waals surface area contributed by atoms with Crippen LogP contribution >= 0.6 is 11.8 Å². The van der Waals surface area contributed by atoms with Crippen molar-refractivity contribution in [3.8, 4) is 0 Å². The summed E-state index contributed by atoms with van der Waals surface area (Å²) in [6, 6.07) is 1.14. The Morgan fingerprint density at radius 1 is 1.24 bits per heavy atom. The summed E-state index contributed by atoms with van der Waals surface area (Å²) in [6.45, 7) is 9.60. The van der Waals surface area contributed by atoms with Gasteiger partial charge >= 0.3 is 6.18 Å². The second-order valence-electron chi connectivity index (χ2n) is 3.51. The summed E-state index contributed by atoms with van der Waals surface area (Å²) in [5.41, 5.74) is -0.114. The molecule has 98 valence electrons. The van der Waals surface area contributed by atoms with E-state index in [4.69, 9.17) is 0 Å². The second kappa shape index (κ2) is 6.89. The topological polar surface area (TPSA) is 12.9 Å². The van der Waals surface area contributed by atoms with Crippen LogP contribution in [0.25, 0.3) is 0 Å². The minimum Gasteiger partial charge on any atom is -0.249 e. The zero-order chi connectivity index (χ0) is 13.6. The molecule has 0 fully saturated rings. The van der Waals surface area contributed by atoms with Gasteiger partial charge in [0.1, 0.15) is 0 Å². The van der Waals surface area contributed by atoms with E-state index in [-0.39, 0.29) is 0 Å². The highest BCUT2D eigenvalue weighted by atomic mass is 32.2. The average molecular weight is 265 g/mol. The van der Waals surface area contributed by atoms with Gasteiger partial charge < -0.3 is 0 Å². The maximum atomic E-state index is 12.3. The quantitative estimate of drug-likeness (QED) is 0.703. The van der Waals surface area contributed by atoms with Gasteiger partial charge in [0.15, 0.2) is 0 Å². The van der Waals surface area contributed by atoms with Crippen LogP contribution in [-0.2, 0) is 6.18 Å². The molecule has 1 rings (SSSR count). The van der Waals surface area contributed by atoms with Crippen LogP contribution in [0, 0.1) is 6.92 Å². The summed E-state index contributed by atoms with van der Waals surface area (Å²) < 4.78 is 36.9. The first-order valence-electron chi connectivity index (χ1n) is 5.51. The van der Waals surface area contributed by atoms with Crippen LogP contribution in [0.2, 0.25) is 0 Å². The van der Waals surface area contributed by atoms with Crippen LogP contribution in [0.5, 0.6) is 0 Å². The molecule has 0 aromatic carbocycles. The van der Waals surface area contributed by atoms with Crippen molar-refractivity contribution < 1.29 is 13.2 Å². The van der Waals surface area contributed by atoms with Crippen molar-refractivity contribution in [3.05, 3.63) is 23.4 Å². The van der Waals surface area contributed by atoms with Gasteiger partial charge in [-0.1, -0.05) is 27.7 Å². The zero-order valence-electron chi connectivity index (χ0n) is 10.7. The molecular formula is C12H18F3NS. The van der Waals surface area contributed by atoms with Gasteiger partial charge in [0.25, 0.3) is 0 Å². The summed E-state index contributed by atoms with van der Waals surface area (Å²) in [7, 11) is 0. The first-order chi connectivity index (χ1) is 7.80. The van der Waals surface area contributed by atoms with Gasteiger partial charge in [-0.2, -0.15) is 13.2 Å². The molecule has 1 aromatic heterocycles. The van der Waals surface area contributed by atoms with Gasteiger partial charge in [-0.3, -0.25) is 0 Å².